The average molecular weight is 293 g/mol. The summed E-state index contributed by atoms with van der Waals surface area (Å²) in [6, 6.07) is 0. The molecule has 1 aliphatic heterocycles. The van der Waals surface area contributed by atoms with E-state index < -0.39 is 63.2 Å². The highest BCUT2D eigenvalue weighted by Gasteiger charge is 2.49. The lowest BCUT2D eigenvalue weighted by Gasteiger charge is -2.22. The Hall–Kier alpha value is -1.67. The van der Waals surface area contributed by atoms with Crippen LogP contribution in [-0.2, 0) is 38.1 Å². The van der Waals surface area contributed by atoms with Crippen molar-refractivity contribution in [1.82, 2.24) is 0 Å². The molecular formula is C12H18O8. The van der Waals surface area contributed by atoms with Crippen molar-refractivity contribution in [3.8, 4) is 0 Å². The Kier molecular flexibility index (Phi) is 4.36. The summed E-state index contributed by atoms with van der Waals surface area (Å²) in [4.78, 5) is 33.8. The molecule has 0 amide bonds. The van der Waals surface area contributed by atoms with Gasteiger partial charge in [0, 0.05) is 31.9 Å². The standard InChI is InChI=1S/C12H18O8/c1-6(13)17-5-9-10(18-7(2)14)11(19-8(3)15)12(16-4)20-9/h9-12H,5H2,1-4H3/t9-,10-,11+,12?/m1/s1/i1D,2D,3D. The molecule has 114 valence electrons. The Bertz CT molecular complexity index is 433. The molecule has 1 fully saturated rings. The second kappa shape index (κ2) is 7.20. The fourth-order valence-corrected chi connectivity index (χ4v) is 1.76. The van der Waals surface area contributed by atoms with E-state index in [1.54, 1.807) is 0 Å². The van der Waals surface area contributed by atoms with Gasteiger partial charge in [-0.1, -0.05) is 0 Å². The molecule has 1 saturated heterocycles. The molecule has 1 unspecified atom stereocenters. The van der Waals surface area contributed by atoms with Crippen LogP contribution in [0.25, 0.3) is 0 Å². The first-order chi connectivity index (χ1) is 11.0. The molecule has 8 nitrogen and oxygen atoms in total. The van der Waals surface area contributed by atoms with Crippen molar-refractivity contribution in [1.29, 1.82) is 0 Å². The lowest BCUT2D eigenvalue weighted by atomic mass is 10.1. The van der Waals surface area contributed by atoms with Crippen LogP contribution in [0.5, 0.6) is 0 Å². The number of hydrogen-bond donors (Lipinski definition) is 0. The monoisotopic (exact) mass is 293 g/mol. The van der Waals surface area contributed by atoms with E-state index in [2.05, 4.69) is 0 Å². The van der Waals surface area contributed by atoms with Crippen molar-refractivity contribution in [3.05, 3.63) is 0 Å². The van der Waals surface area contributed by atoms with Gasteiger partial charge in [0.05, 0.1) is 0 Å². The summed E-state index contributed by atoms with van der Waals surface area (Å²) in [6.07, 6.45) is -4.40. The molecule has 1 aliphatic rings. The van der Waals surface area contributed by atoms with Crippen LogP contribution >= 0.6 is 0 Å². The normalized spacial score (nSPS) is 30.8. The van der Waals surface area contributed by atoms with Crippen LogP contribution in [0.4, 0.5) is 0 Å². The Morgan fingerprint density at radius 2 is 1.65 bits per heavy atom. The lowest BCUT2D eigenvalue weighted by Crippen LogP contribution is -2.41. The molecule has 0 N–H and O–H groups in total. The van der Waals surface area contributed by atoms with Crippen LogP contribution in [0.15, 0.2) is 0 Å². The summed E-state index contributed by atoms with van der Waals surface area (Å²) in [5.41, 5.74) is 0. The molecule has 0 bridgehead atoms. The zero-order valence-corrected chi connectivity index (χ0v) is 10.9. The first-order valence-electron chi connectivity index (χ1n) is 7.69. The van der Waals surface area contributed by atoms with Gasteiger partial charge in [-0.3, -0.25) is 14.4 Å². The summed E-state index contributed by atoms with van der Waals surface area (Å²) in [5.74, 6) is -2.57. The van der Waals surface area contributed by atoms with E-state index in [0.717, 1.165) is 0 Å². The van der Waals surface area contributed by atoms with E-state index in [-0.39, 0.29) is 6.61 Å². The highest BCUT2D eigenvalue weighted by atomic mass is 16.7. The van der Waals surface area contributed by atoms with Crippen LogP contribution in [0.1, 0.15) is 24.8 Å². The van der Waals surface area contributed by atoms with Crippen LogP contribution in [0, 0.1) is 0 Å². The second-order valence-corrected chi connectivity index (χ2v) is 3.87. The fourth-order valence-electron chi connectivity index (χ4n) is 1.76. The van der Waals surface area contributed by atoms with E-state index in [1.807, 2.05) is 0 Å². The zero-order valence-electron chi connectivity index (χ0n) is 13.9. The van der Waals surface area contributed by atoms with E-state index in [4.69, 9.17) is 27.8 Å². The minimum atomic E-state index is -1.16. The van der Waals surface area contributed by atoms with E-state index in [1.165, 1.54) is 7.11 Å². The maximum absolute atomic E-state index is 11.4. The predicted molar refractivity (Wildman–Crippen MR) is 63.4 cm³/mol. The van der Waals surface area contributed by atoms with Crippen LogP contribution in [-0.4, -0.2) is 56.2 Å². The van der Waals surface area contributed by atoms with E-state index >= 15 is 0 Å². The number of methoxy groups -OCH3 is 1. The Morgan fingerprint density at radius 1 is 1.05 bits per heavy atom. The minimum absolute atomic E-state index is 0.345. The molecule has 0 aromatic rings. The van der Waals surface area contributed by atoms with E-state index in [0.29, 0.717) is 0 Å². The second-order valence-electron chi connectivity index (χ2n) is 3.87. The van der Waals surface area contributed by atoms with Gasteiger partial charge >= 0.3 is 17.9 Å². The number of esters is 3. The molecule has 4 atom stereocenters. The maximum Gasteiger partial charge on any atom is 0.303 e. The number of carbonyl (C=O) groups excluding carboxylic acids is 3. The van der Waals surface area contributed by atoms with Crippen molar-refractivity contribution < 1.29 is 42.2 Å². The third-order valence-corrected chi connectivity index (χ3v) is 2.44. The van der Waals surface area contributed by atoms with Gasteiger partial charge in [-0.05, 0) is 0 Å². The molecular weight excluding hydrogens is 272 g/mol. The van der Waals surface area contributed by atoms with Crippen molar-refractivity contribution in [2.75, 3.05) is 13.7 Å². The summed E-state index contributed by atoms with van der Waals surface area (Å²) in [5, 5.41) is 0. The van der Waals surface area contributed by atoms with Gasteiger partial charge in [0.2, 0.25) is 0 Å². The number of carbonyl (C=O) groups is 3. The highest BCUT2D eigenvalue weighted by Crippen LogP contribution is 2.27. The number of rotatable bonds is 5. The minimum Gasteiger partial charge on any atom is -0.463 e. The predicted octanol–water partition coefficient (Wildman–Crippen LogP) is -0.216. The molecule has 0 spiro atoms. The van der Waals surface area contributed by atoms with Crippen molar-refractivity contribution in [2.24, 2.45) is 0 Å². The maximum atomic E-state index is 11.4. The zero-order chi connectivity index (χ0) is 17.4. The molecule has 1 heterocycles. The van der Waals surface area contributed by atoms with Gasteiger partial charge in [0.15, 0.2) is 18.5 Å². The SMILES string of the molecule is [2H]CC(=O)OC[C@H]1OC(OC)[C@@H](OC(=O)C[2H])[C@@H]1OC(=O)C[2H]. The average Bonchev–Trinajstić information content (AvgIpc) is 2.89. The number of ether oxygens (including phenoxy) is 5. The molecule has 0 aliphatic carbocycles. The summed E-state index contributed by atoms with van der Waals surface area (Å²) in [6.45, 7) is -2.24. The molecule has 1 rings (SSSR count). The van der Waals surface area contributed by atoms with Gasteiger partial charge in [-0.2, -0.15) is 0 Å². The first-order valence-corrected chi connectivity index (χ1v) is 5.57. The molecule has 20 heavy (non-hydrogen) atoms. The Balaban J connectivity index is 2.87. The summed E-state index contributed by atoms with van der Waals surface area (Å²) >= 11 is 0. The smallest absolute Gasteiger partial charge is 0.303 e. The topological polar surface area (TPSA) is 97.4 Å². The largest absolute Gasteiger partial charge is 0.463 e. The number of hydrogen-bond acceptors (Lipinski definition) is 8. The quantitative estimate of drug-likeness (QED) is 0.507. The summed E-state index contributed by atoms with van der Waals surface area (Å²) in [7, 11) is 1.27. The Morgan fingerprint density at radius 3 is 2.20 bits per heavy atom. The third kappa shape index (κ3) is 4.46. The molecule has 8 heteroatoms. The lowest BCUT2D eigenvalue weighted by molar-refractivity contribution is -0.181. The van der Waals surface area contributed by atoms with Crippen LogP contribution < -0.4 is 0 Å². The van der Waals surface area contributed by atoms with Crippen molar-refractivity contribution in [3.63, 3.8) is 0 Å². The van der Waals surface area contributed by atoms with Crippen LogP contribution in [0.3, 0.4) is 0 Å². The molecule has 0 radical (unpaired) electrons. The molecule has 0 aromatic heterocycles. The van der Waals surface area contributed by atoms with Crippen molar-refractivity contribution >= 4 is 17.9 Å². The van der Waals surface area contributed by atoms with E-state index in [9.17, 15) is 14.4 Å². The fraction of sp³-hybridized carbons (Fsp3) is 0.750. The molecule has 0 saturated carbocycles. The van der Waals surface area contributed by atoms with Crippen molar-refractivity contribution in [2.45, 2.75) is 45.3 Å². The van der Waals surface area contributed by atoms with Gasteiger partial charge < -0.3 is 23.7 Å². The molecule has 0 aromatic carbocycles. The van der Waals surface area contributed by atoms with Gasteiger partial charge in [0.25, 0.3) is 0 Å². The van der Waals surface area contributed by atoms with Gasteiger partial charge in [-0.15, -0.1) is 0 Å². The van der Waals surface area contributed by atoms with Gasteiger partial charge in [0.1, 0.15) is 12.7 Å². The highest BCUT2D eigenvalue weighted by molar-refractivity contribution is 5.67. The van der Waals surface area contributed by atoms with Gasteiger partial charge in [-0.25, -0.2) is 0 Å². The first kappa shape index (κ1) is 12.1. The van der Waals surface area contributed by atoms with Crippen LogP contribution in [0.2, 0.25) is 0 Å². The Labute approximate surface area is 120 Å². The third-order valence-electron chi connectivity index (χ3n) is 2.44. The summed E-state index contributed by atoms with van der Waals surface area (Å²) < 4.78 is 46.0.